The van der Waals surface area contributed by atoms with Crippen molar-refractivity contribution in [2.45, 2.75) is 284 Å². The second kappa shape index (κ2) is 42.0. The number of rotatable bonds is 47. The molecule has 0 aliphatic heterocycles. The third-order valence-electron chi connectivity index (χ3n) is 12.4. The quantitative estimate of drug-likeness (QED) is 0.0620. The van der Waals surface area contributed by atoms with Crippen LogP contribution in [0, 0.1) is 0 Å². The topological polar surface area (TPSA) is 66.0 Å². The molecule has 2 atom stereocenters. The number of methoxy groups -OCH3 is 1. The maximum atomic E-state index is 13.2. The van der Waals surface area contributed by atoms with E-state index >= 15 is 0 Å². The molecule has 0 aromatic carbocycles. The number of carbonyl (C=O) groups is 1. The van der Waals surface area contributed by atoms with Crippen molar-refractivity contribution in [2.75, 3.05) is 40.1 Å². The summed E-state index contributed by atoms with van der Waals surface area (Å²) in [5.74, 6) is -0.0501. The van der Waals surface area contributed by atoms with E-state index in [1.807, 2.05) is 27.7 Å². The molecular formula is C51H103NO5. The minimum Gasteiger partial charge on any atom is -0.379 e. The van der Waals surface area contributed by atoms with Gasteiger partial charge in [-0.1, -0.05) is 213 Å². The molecule has 2 unspecified atom stereocenters. The van der Waals surface area contributed by atoms with Crippen LogP contribution in [0.5, 0.6) is 0 Å². The van der Waals surface area contributed by atoms with Crippen LogP contribution in [0.4, 0.5) is 0 Å². The van der Waals surface area contributed by atoms with Crippen LogP contribution in [0.3, 0.4) is 0 Å². The number of carbonyl (C=O) groups excluding carboxylic acids is 1. The largest absolute Gasteiger partial charge is 0.379 e. The summed E-state index contributed by atoms with van der Waals surface area (Å²) in [5.41, 5.74) is -1.12. The first-order valence-electron chi connectivity index (χ1n) is 25.4. The van der Waals surface area contributed by atoms with E-state index in [0.717, 1.165) is 38.9 Å². The Morgan fingerprint density at radius 1 is 0.509 bits per heavy atom. The Labute approximate surface area is 357 Å². The molecule has 6 nitrogen and oxygen atoms in total. The van der Waals surface area contributed by atoms with Gasteiger partial charge in [-0.25, -0.2) is 0 Å². The molecule has 57 heavy (non-hydrogen) atoms. The molecule has 6 heteroatoms. The van der Waals surface area contributed by atoms with Gasteiger partial charge in [0.15, 0.2) is 0 Å². The second-order valence-electron chi connectivity index (χ2n) is 18.4. The Balaban J connectivity index is 4.30. The van der Waals surface area contributed by atoms with Crippen molar-refractivity contribution in [2.24, 2.45) is 0 Å². The van der Waals surface area contributed by atoms with E-state index in [0.29, 0.717) is 26.2 Å². The van der Waals surface area contributed by atoms with Crippen molar-refractivity contribution in [3.05, 3.63) is 0 Å². The van der Waals surface area contributed by atoms with E-state index in [4.69, 9.17) is 18.9 Å². The summed E-state index contributed by atoms with van der Waals surface area (Å²) in [6, 6.07) is 0. The Morgan fingerprint density at radius 2 is 0.877 bits per heavy atom. The monoisotopic (exact) mass is 810 g/mol. The van der Waals surface area contributed by atoms with Gasteiger partial charge in [0, 0.05) is 26.9 Å². The molecule has 0 saturated carbocycles. The number of hydrogen-bond acceptors (Lipinski definition) is 5. The first-order valence-corrected chi connectivity index (χ1v) is 25.4. The van der Waals surface area contributed by atoms with Crippen LogP contribution in [0.2, 0.25) is 0 Å². The average Bonchev–Trinajstić information content (AvgIpc) is 3.20. The van der Waals surface area contributed by atoms with Crippen LogP contribution in [-0.2, 0) is 23.7 Å². The molecule has 0 fully saturated rings. The summed E-state index contributed by atoms with van der Waals surface area (Å²) in [6.45, 7) is 15.8. The van der Waals surface area contributed by atoms with E-state index in [2.05, 4.69) is 19.2 Å². The summed E-state index contributed by atoms with van der Waals surface area (Å²) in [6.07, 6.45) is 46.1. The summed E-state index contributed by atoms with van der Waals surface area (Å²) in [5, 5.41) is 3.15. The van der Waals surface area contributed by atoms with Gasteiger partial charge in [-0.05, 0) is 52.9 Å². The molecule has 0 radical (unpaired) electrons. The first kappa shape index (κ1) is 56.3. The fourth-order valence-corrected chi connectivity index (χ4v) is 7.57. The highest BCUT2D eigenvalue weighted by Gasteiger charge is 2.33. The molecule has 0 aromatic rings. The van der Waals surface area contributed by atoms with Gasteiger partial charge in [-0.2, -0.15) is 0 Å². The summed E-state index contributed by atoms with van der Waals surface area (Å²) in [4.78, 5) is 13.2. The fraction of sp³-hybridized carbons (Fsp3) is 0.980. The molecule has 1 N–H and O–H groups in total. The predicted molar refractivity (Wildman–Crippen MR) is 248 cm³/mol. The normalized spacial score (nSPS) is 13.6. The van der Waals surface area contributed by atoms with Crippen molar-refractivity contribution < 1.29 is 23.7 Å². The molecule has 0 aromatic heterocycles. The van der Waals surface area contributed by atoms with Crippen molar-refractivity contribution in [3.8, 4) is 0 Å². The zero-order chi connectivity index (χ0) is 42.0. The second-order valence-corrected chi connectivity index (χ2v) is 18.4. The zero-order valence-corrected chi connectivity index (χ0v) is 39.9. The Hall–Kier alpha value is -0.690. The number of amides is 1. The first-order chi connectivity index (χ1) is 27.7. The van der Waals surface area contributed by atoms with Crippen LogP contribution in [-0.4, -0.2) is 63.3 Å². The molecule has 0 spiro atoms. The van der Waals surface area contributed by atoms with Gasteiger partial charge in [-0.15, -0.1) is 0 Å². The minimum atomic E-state index is -0.850. The molecule has 0 bridgehead atoms. The van der Waals surface area contributed by atoms with E-state index in [1.54, 1.807) is 7.11 Å². The summed E-state index contributed by atoms with van der Waals surface area (Å²) >= 11 is 0. The molecule has 0 saturated heterocycles. The molecule has 0 heterocycles. The summed E-state index contributed by atoms with van der Waals surface area (Å²) in [7, 11) is 1.72. The average molecular weight is 810 g/mol. The molecule has 0 rings (SSSR count). The van der Waals surface area contributed by atoms with Crippen LogP contribution in [0.15, 0.2) is 0 Å². The van der Waals surface area contributed by atoms with Gasteiger partial charge in [0.05, 0.1) is 24.9 Å². The van der Waals surface area contributed by atoms with Gasteiger partial charge in [-0.3, -0.25) is 4.79 Å². The number of nitrogens with one attached hydrogen (secondary N) is 1. The van der Waals surface area contributed by atoms with Gasteiger partial charge in [0.25, 0.3) is 5.91 Å². The molecule has 0 aliphatic carbocycles. The third kappa shape index (κ3) is 38.0. The van der Waals surface area contributed by atoms with Crippen molar-refractivity contribution in [1.82, 2.24) is 5.32 Å². The maximum Gasteiger partial charge on any atom is 0.251 e. The van der Waals surface area contributed by atoms with Crippen LogP contribution >= 0.6 is 0 Å². The van der Waals surface area contributed by atoms with Gasteiger partial charge in [0.2, 0.25) is 0 Å². The predicted octanol–water partition coefficient (Wildman–Crippen LogP) is 15.4. The number of hydrogen-bond donors (Lipinski definition) is 1. The molecule has 0 aliphatic rings. The van der Waals surface area contributed by atoms with Gasteiger partial charge in [0.1, 0.15) is 5.60 Å². The van der Waals surface area contributed by atoms with Crippen LogP contribution in [0.1, 0.15) is 266 Å². The lowest BCUT2D eigenvalue weighted by molar-refractivity contribution is -0.148. The van der Waals surface area contributed by atoms with Crippen LogP contribution in [0.25, 0.3) is 0 Å². The Bertz CT molecular complexity index is 821. The fourth-order valence-electron chi connectivity index (χ4n) is 7.57. The van der Waals surface area contributed by atoms with Crippen molar-refractivity contribution >= 4 is 5.91 Å². The highest BCUT2D eigenvalue weighted by atomic mass is 16.5. The smallest absolute Gasteiger partial charge is 0.251 e. The molecule has 342 valence electrons. The molecule has 1 amide bonds. The lowest BCUT2D eigenvalue weighted by Gasteiger charge is -2.30. The van der Waals surface area contributed by atoms with Gasteiger partial charge < -0.3 is 24.3 Å². The maximum absolute atomic E-state index is 13.2. The van der Waals surface area contributed by atoms with E-state index < -0.39 is 5.60 Å². The third-order valence-corrected chi connectivity index (χ3v) is 12.4. The number of ether oxygens (including phenoxy) is 4. The van der Waals surface area contributed by atoms with Crippen molar-refractivity contribution in [3.63, 3.8) is 0 Å². The minimum absolute atomic E-state index is 0.000924. The summed E-state index contributed by atoms with van der Waals surface area (Å²) < 4.78 is 24.2. The lowest BCUT2D eigenvalue weighted by atomic mass is 10.0. The lowest BCUT2D eigenvalue weighted by Crippen LogP contribution is -2.47. The van der Waals surface area contributed by atoms with Gasteiger partial charge >= 0.3 is 0 Å². The standard InChI is InChI=1S/C51H103NO5/c1-8-11-13-15-17-19-21-23-25-27-29-31-33-35-37-39-44-55-47-48(41-43-52-49(53)51(6,10-3)57-46-42-50(4,5)54-7)56-45-40-38-36-34-32-30-28-26-24-22-20-18-16-14-12-9-2/h48H,8-47H2,1-7H3,(H,52,53). The SMILES string of the molecule is CCCCCCCCCCCCCCCCCCOCC(CCNC(=O)C(C)(CC)OCCC(C)(C)OC)OCCCCCCCCCCCCCCCCCC. The van der Waals surface area contributed by atoms with Crippen LogP contribution < -0.4 is 5.32 Å². The highest BCUT2D eigenvalue weighted by molar-refractivity contribution is 5.84. The van der Waals surface area contributed by atoms with E-state index in [1.165, 1.54) is 193 Å². The highest BCUT2D eigenvalue weighted by Crippen LogP contribution is 2.20. The van der Waals surface area contributed by atoms with E-state index in [-0.39, 0.29) is 17.6 Å². The number of unbranched alkanes of at least 4 members (excludes halogenated alkanes) is 30. The Kier molecular flexibility index (Phi) is 41.5. The Morgan fingerprint density at radius 3 is 1.25 bits per heavy atom. The molecular weight excluding hydrogens is 707 g/mol. The van der Waals surface area contributed by atoms with E-state index in [9.17, 15) is 4.79 Å². The zero-order valence-electron chi connectivity index (χ0n) is 39.9. The van der Waals surface area contributed by atoms with Crippen molar-refractivity contribution in [1.29, 1.82) is 0 Å².